The van der Waals surface area contributed by atoms with Gasteiger partial charge in [0.15, 0.2) is 0 Å². The molecule has 2 amide bonds. The molecule has 0 spiro atoms. The molecule has 0 aromatic heterocycles. The first-order chi connectivity index (χ1) is 7.19. The van der Waals surface area contributed by atoms with Crippen molar-refractivity contribution in [1.29, 1.82) is 0 Å². The van der Waals surface area contributed by atoms with E-state index in [0.717, 1.165) is 18.7 Å². The van der Waals surface area contributed by atoms with Crippen LogP contribution in [0, 0.1) is 5.92 Å². The van der Waals surface area contributed by atoms with Crippen molar-refractivity contribution in [2.75, 3.05) is 18.8 Å². The molecule has 0 aromatic carbocycles. The largest absolute Gasteiger partial charge is 0.352 e. The van der Waals surface area contributed by atoms with E-state index in [4.69, 9.17) is 0 Å². The Morgan fingerprint density at radius 2 is 2.27 bits per heavy atom. The van der Waals surface area contributed by atoms with Crippen LogP contribution in [0.1, 0.15) is 19.3 Å². The van der Waals surface area contributed by atoms with E-state index in [1.807, 2.05) is 4.90 Å². The molecule has 2 fully saturated rings. The minimum Gasteiger partial charge on any atom is -0.352 e. The fourth-order valence-corrected chi connectivity index (χ4v) is 2.48. The van der Waals surface area contributed by atoms with Gasteiger partial charge in [0.25, 0.3) is 0 Å². The van der Waals surface area contributed by atoms with E-state index in [-0.39, 0.29) is 17.9 Å². The average Bonchev–Trinajstić information content (AvgIpc) is 2.75. The molecule has 0 aliphatic carbocycles. The Morgan fingerprint density at radius 1 is 1.47 bits per heavy atom. The van der Waals surface area contributed by atoms with Crippen LogP contribution < -0.4 is 5.32 Å². The lowest BCUT2D eigenvalue weighted by atomic mass is 10.1. The second-order valence-electron chi connectivity index (χ2n) is 4.35. The molecule has 0 aromatic rings. The van der Waals surface area contributed by atoms with Gasteiger partial charge < -0.3 is 10.2 Å². The molecule has 2 saturated heterocycles. The average molecular weight is 228 g/mol. The van der Waals surface area contributed by atoms with Gasteiger partial charge >= 0.3 is 0 Å². The van der Waals surface area contributed by atoms with Crippen molar-refractivity contribution in [2.45, 2.75) is 25.3 Å². The highest BCUT2D eigenvalue weighted by molar-refractivity contribution is 7.80. The molecule has 2 aliphatic rings. The zero-order chi connectivity index (χ0) is 10.8. The molecule has 0 radical (unpaired) electrons. The smallest absolute Gasteiger partial charge is 0.223 e. The molecule has 0 bridgehead atoms. The van der Waals surface area contributed by atoms with Gasteiger partial charge in [-0.2, -0.15) is 12.6 Å². The number of carbonyl (C=O) groups excluding carboxylic acids is 2. The minimum atomic E-state index is 0.109. The molecule has 84 valence electrons. The van der Waals surface area contributed by atoms with Gasteiger partial charge in [0, 0.05) is 32.0 Å². The zero-order valence-corrected chi connectivity index (χ0v) is 9.50. The van der Waals surface area contributed by atoms with E-state index >= 15 is 0 Å². The zero-order valence-electron chi connectivity index (χ0n) is 8.61. The molecule has 4 nitrogen and oxygen atoms in total. The van der Waals surface area contributed by atoms with Gasteiger partial charge in [-0.3, -0.25) is 9.59 Å². The number of carbonyl (C=O) groups is 2. The highest BCUT2D eigenvalue weighted by atomic mass is 32.1. The number of rotatable bonds is 3. The van der Waals surface area contributed by atoms with Crippen LogP contribution in [0.2, 0.25) is 0 Å². The maximum Gasteiger partial charge on any atom is 0.223 e. The first kappa shape index (κ1) is 10.8. The Labute approximate surface area is 94.8 Å². The summed E-state index contributed by atoms with van der Waals surface area (Å²) in [7, 11) is 0. The molecule has 2 aliphatic heterocycles. The van der Waals surface area contributed by atoms with Crippen LogP contribution in [-0.2, 0) is 9.59 Å². The number of nitrogens with zero attached hydrogens (tertiary/aromatic N) is 1. The van der Waals surface area contributed by atoms with E-state index in [9.17, 15) is 9.59 Å². The standard InChI is InChI=1S/C10H16N2O2S/c13-9-2-1-8(11-9)5-12-4-7(6-15)3-10(12)14/h7-8,15H,1-6H2,(H,11,13)/t7?,8-/m1/s1. The van der Waals surface area contributed by atoms with Crippen molar-refractivity contribution in [1.82, 2.24) is 10.2 Å². The molecule has 0 saturated carbocycles. The molecule has 2 heterocycles. The van der Waals surface area contributed by atoms with Crippen molar-refractivity contribution in [3.63, 3.8) is 0 Å². The Balaban J connectivity index is 1.84. The summed E-state index contributed by atoms with van der Waals surface area (Å²) in [5.74, 6) is 1.46. The van der Waals surface area contributed by atoms with Crippen molar-refractivity contribution in [2.24, 2.45) is 5.92 Å². The third kappa shape index (κ3) is 2.45. The lowest BCUT2D eigenvalue weighted by molar-refractivity contribution is -0.128. The number of likely N-dealkylation sites (tertiary alicyclic amines) is 1. The van der Waals surface area contributed by atoms with E-state index in [2.05, 4.69) is 17.9 Å². The second-order valence-corrected chi connectivity index (χ2v) is 4.72. The van der Waals surface area contributed by atoms with Crippen LogP contribution in [0.4, 0.5) is 0 Å². The summed E-state index contributed by atoms with van der Waals surface area (Å²) in [6, 6.07) is 0.167. The fraction of sp³-hybridized carbons (Fsp3) is 0.800. The number of nitrogens with one attached hydrogen (secondary N) is 1. The molecule has 1 unspecified atom stereocenters. The van der Waals surface area contributed by atoms with E-state index in [1.54, 1.807) is 0 Å². The first-order valence-electron chi connectivity index (χ1n) is 5.37. The number of hydrogen-bond donors (Lipinski definition) is 2. The highest BCUT2D eigenvalue weighted by Gasteiger charge is 2.31. The monoisotopic (exact) mass is 228 g/mol. The van der Waals surface area contributed by atoms with E-state index in [1.165, 1.54) is 0 Å². The Hall–Kier alpha value is -0.710. The Bertz CT molecular complexity index is 283. The lowest BCUT2D eigenvalue weighted by Gasteiger charge is -2.20. The number of thiol groups is 1. The summed E-state index contributed by atoms with van der Waals surface area (Å²) in [5, 5.41) is 2.88. The Kier molecular flexibility index (Phi) is 3.19. The van der Waals surface area contributed by atoms with Gasteiger partial charge in [0.1, 0.15) is 0 Å². The maximum atomic E-state index is 11.6. The van der Waals surface area contributed by atoms with E-state index in [0.29, 0.717) is 25.3 Å². The summed E-state index contributed by atoms with van der Waals surface area (Å²) in [4.78, 5) is 24.5. The summed E-state index contributed by atoms with van der Waals surface area (Å²) >= 11 is 4.21. The molecular weight excluding hydrogens is 212 g/mol. The van der Waals surface area contributed by atoms with Crippen molar-refractivity contribution >= 4 is 24.4 Å². The number of amides is 2. The molecular formula is C10H16N2O2S. The summed E-state index contributed by atoms with van der Waals surface area (Å²) in [6.07, 6.45) is 2.07. The van der Waals surface area contributed by atoms with Gasteiger partial charge in [-0.25, -0.2) is 0 Å². The first-order valence-corrected chi connectivity index (χ1v) is 6.00. The second kappa shape index (κ2) is 4.43. The normalized spacial score (nSPS) is 31.1. The number of hydrogen-bond acceptors (Lipinski definition) is 3. The van der Waals surface area contributed by atoms with Crippen LogP contribution in [0.25, 0.3) is 0 Å². The van der Waals surface area contributed by atoms with E-state index < -0.39 is 0 Å². The van der Waals surface area contributed by atoms with Crippen molar-refractivity contribution < 1.29 is 9.59 Å². The predicted octanol–water partition coefficient (Wildman–Crippen LogP) is 0.0433. The van der Waals surface area contributed by atoms with Crippen LogP contribution in [-0.4, -0.2) is 41.6 Å². The summed E-state index contributed by atoms with van der Waals surface area (Å²) < 4.78 is 0. The van der Waals surface area contributed by atoms with Gasteiger partial charge in [-0.15, -0.1) is 0 Å². The quantitative estimate of drug-likeness (QED) is 0.670. The molecule has 2 rings (SSSR count). The molecule has 5 heteroatoms. The van der Waals surface area contributed by atoms with Gasteiger partial charge in [-0.05, 0) is 18.1 Å². The van der Waals surface area contributed by atoms with Crippen LogP contribution >= 0.6 is 12.6 Å². The fourth-order valence-electron chi connectivity index (χ4n) is 2.23. The van der Waals surface area contributed by atoms with Crippen LogP contribution in [0.5, 0.6) is 0 Å². The van der Waals surface area contributed by atoms with Crippen LogP contribution in [0.15, 0.2) is 0 Å². The van der Waals surface area contributed by atoms with Gasteiger partial charge in [0.05, 0.1) is 0 Å². The lowest BCUT2D eigenvalue weighted by Crippen LogP contribution is -2.39. The van der Waals surface area contributed by atoms with Crippen LogP contribution in [0.3, 0.4) is 0 Å². The van der Waals surface area contributed by atoms with Gasteiger partial charge in [-0.1, -0.05) is 0 Å². The third-order valence-corrected chi connectivity index (χ3v) is 3.59. The van der Waals surface area contributed by atoms with Crippen molar-refractivity contribution in [3.8, 4) is 0 Å². The molecule has 1 N–H and O–H groups in total. The van der Waals surface area contributed by atoms with Crippen molar-refractivity contribution in [3.05, 3.63) is 0 Å². The third-order valence-electron chi connectivity index (χ3n) is 3.08. The highest BCUT2D eigenvalue weighted by Crippen LogP contribution is 2.20. The molecule has 2 atom stereocenters. The summed E-state index contributed by atoms with van der Waals surface area (Å²) in [5.41, 5.74) is 0. The minimum absolute atomic E-state index is 0.109. The molecule has 15 heavy (non-hydrogen) atoms. The Morgan fingerprint density at radius 3 is 2.80 bits per heavy atom. The predicted molar refractivity (Wildman–Crippen MR) is 59.7 cm³/mol. The van der Waals surface area contributed by atoms with Gasteiger partial charge in [0.2, 0.25) is 11.8 Å². The topological polar surface area (TPSA) is 49.4 Å². The summed E-state index contributed by atoms with van der Waals surface area (Å²) in [6.45, 7) is 1.48. The SMILES string of the molecule is O=C1CC[C@H](CN2CC(CS)CC2=O)N1. The maximum absolute atomic E-state index is 11.6.